The summed E-state index contributed by atoms with van der Waals surface area (Å²) in [5.74, 6) is 1.68. The van der Waals surface area contributed by atoms with Gasteiger partial charge in [-0.2, -0.15) is 5.10 Å². The van der Waals surface area contributed by atoms with Crippen LogP contribution in [0.25, 0.3) is 11.0 Å². The van der Waals surface area contributed by atoms with Crippen molar-refractivity contribution in [2.45, 2.75) is 33.7 Å². The van der Waals surface area contributed by atoms with Crippen LogP contribution >= 0.6 is 0 Å². The lowest BCUT2D eigenvalue weighted by Gasteiger charge is -2.26. The van der Waals surface area contributed by atoms with Gasteiger partial charge in [-0.3, -0.25) is 9.58 Å². The largest absolute Gasteiger partial charge is 0.379 e. The summed E-state index contributed by atoms with van der Waals surface area (Å²) in [5, 5.41) is 8.05. The quantitative estimate of drug-likeness (QED) is 0.816. The summed E-state index contributed by atoms with van der Waals surface area (Å²) in [6, 6.07) is 0. The third kappa shape index (κ3) is 3.61. The molecule has 1 aliphatic rings. The minimum absolute atomic E-state index is 0.784. The van der Waals surface area contributed by atoms with E-state index in [2.05, 4.69) is 32.2 Å². The molecule has 1 fully saturated rings. The molecule has 0 radical (unpaired) electrons. The Labute approximate surface area is 137 Å². The molecular weight excluding hydrogens is 292 g/mol. The molecule has 1 saturated heterocycles. The molecule has 7 heteroatoms. The first-order valence-electron chi connectivity index (χ1n) is 8.44. The number of nitrogens with zero attached hydrogens (tertiary/aromatic N) is 5. The highest BCUT2D eigenvalue weighted by Crippen LogP contribution is 2.23. The molecule has 0 unspecified atom stereocenters. The van der Waals surface area contributed by atoms with Crippen LogP contribution in [0.4, 0.5) is 5.82 Å². The molecule has 7 nitrogen and oxygen atoms in total. The summed E-state index contributed by atoms with van der Waals surface area (Å²) < 4.78 is 7.36. The molecule has 0 saturated carbocycles. The Morgan fingerprint density at radius 3 is 2.70 bits per heavy atom. The Hall–Kier alpha value is -1.73. The fraction of sp³-hybridized carbons (Fsp3) is 0.688. The maximum Gasteiger partial charge on any atom is 0.156 e. The molecular formula is C16H26N6O. The Morgan fingerprint density at radius 2 is 1.96 bits per heavy atom. The third-order valence-corrected chi connectivity index (χ3v) is 4.21. The Bertz CT molecular complexity index is 662. The zero-order valence-corrected chi connectivity index (χ0v) is 14.3. The molecule has 2 aromatic rings. The van der Waals surface area contributed by atoms with Gasteiger partial charge in [0.1, 0.15) is 16.9 Å². The van der Waals surface area contributed by atoms with Gasteiger partial charge < -0.3 is 10.1 Å². The average Bonchev–Trinajstić information content (AvgIpc) is 2.89. The minimum Gasteiger partial charge on any atom is -0.379 e. The molecule has 1 N–H and O–H groups in total. The number of hydrogen-bond donors (Lipinski definition) is 1. The highest BCUT2D eigenvalue weighted by Gasteiger charge is 2.15. The van der Waals surface area contributed by atoms with E-state index >= 15 is 0 Å². The van der Waals surface area contributed by atoms with Crippen molar-refractivity contribution in [3.8, 4) is 0 Å². The number of rotatable bonds is 6. The first-order chi connectivity index (χ1) is 11.2. The smallest absolute Gasteiger partial charge is 0.156 e. The van der Waals surface area contributed by atoms with Crippen LogP contribution in [0.3, 0.4) is 0 Å². The summed E-state index contributed by atoms with van der Waals surface area (Å²) in [6.07, 6.45) is 1.09. The van der Waals surface area contributed by atoms with Crippen molar-refractivity contribution in [2.24, 2.45) is 0 Å². The molecule has 3 rings (SSSR count). The number of anilines is 1. The van der Waals surface area contributed by atoms with Gasteiger partial charge in [0, 0.05) is 26.2 Å². The molecule has 0 aromatic carbocycles. The van der Waals surface area contributed by atoms with E-state index < -0.39 is 0 Å². The van der Waals surface area contributed by atoms with Gasteiger partial charge in [-0.1, -0.05) is 0 Å². The maximum atomic E-state index is 5.38. The van der Waals surface area contributed by atoms with Crippen molar-refractivity contribution in [2.75, 3.05) is 44.7 Å². The standard InChI is InChI=1S/C16H26N6O/c1-4-22-15-14(12(2)20-22)18-13(3)19-16(15)17-6-5-7-21-8-10-23-11-9-21/h4-11H2,1-3H3,(H,17,18,19). The van der Waals surface area contributed by atoms with Crippen molar-refractivity contribution in [3.63, 3.8) is 0 Å². The van der Waals surface area contributed by atoms with Crippen molar-refractivity contribution in [1.29, 1.82) is 0 Å². The SMILES string of the molecule is CCn1nc(C)c2nc(C)nc(NCCCN3CCOCC3)c21. The Kier molecular flexibility index (Phi) is 5.07. The fourth-order valence-electron chi connectivity index (χ4n) is 3.03. The van der Waals surface area contributed by atoms with Crippen molar-refractivity contribution >= 4 is 16.9 Å². The molecule has 1 aliphatic heterocycles. The molecule has 0 amide bonds. The summed E-state index contributed by atoms with van der Waals surface area (Å²) in [7, 11) is 0. The molecule has 0 atom stereocenters. The molecule has 126 valence electrons. The van der Waals surface area contributed by atoms with Gasteiger partial charge in [-0.15, -0.1) is 0 Å². The van der Waals surface area contributed by atoms with E-state index in [0.717, 1.165) is 80.7 Å². The predicted molar refractivity (Wildman–Crippen MR) is 90.8 cm³/mol. The van der Waals surface area contributed by atoms with Crippen LogP contribution in [-0.2, 0) is 11.3 Å². The van der Waals surface area contributed by atoms with Crippen LogP contribution in [0, 0.1) is 13.8 Å². The highest BCUT2D eigenvalue weighted by atomic mass is 16.5. The van der Waals surface area contributed by atoms with Crippen LogP contribution in [0.15, 0.2) is 0 Å². The Balaban J connectivity index is 1.67. The van der Waals surface area contributed by atoms with E-state index in [1.807, 2.05) is 18.5 Å². The van der Waals surface area contributed by atoms with Gasteiger partial charge in [0.15, 0.2) is 5.82 Å². The predicted octanol–water partition coefficient (Wildman–Crippen LogP) is 1.60. The van der Waals surface area contributed by atoms with Gasteiger partial charge in [0.25, 0.3) is 0 Å². The monoisotopic (exact) mass is 318 g/mol. The number of fused-ring (bicyclic) bond motifs is 1. The van der Waals surface area contributed by atoms with Gasteiger partial charge in [0.2, 0.25) is 0 Å². The topological polar surface area (TPSA) is 68.1 Å². The number of morpholine rings is 1. The first kappa shape index (κ1) is 16.1. The molecule has 0 bridgehead atoms. The fourth-order valence-corrected chi connectivity index (χ4v) is 3.03. The van der Waals surface area contributed by atoms with Gasteiger partial charge in [0.05, 0.1) is 18.9 Å². The third-order valence-electron chi connectivity index (χ3n) is 4.21. The number of aryl methyl sites for hydroxylation is 3. The second-order valence-corrected chi connectivity index (χ2v) is 5.95. The van der Waals surface area contributed by atoms with Crippen LogP contribution in [0.2, 0.25) is 0 Å². The van der Waals surface area contributed by atoms with E-state index in [9.17, 15) is 0 Å². The second kappa shape index (κ2) is 7.23. The first-order valence-corrected chi connectivity index (χ1v) is 8.44. The molecule has 0 spiro atoms. The lowest BCUT2D eigenvalue weighted by Crippen LogP contribution is -2.37. The minimum atomic E-state index is 0.784. The van der Waals surface area contributed by atoms with Crippen molar-refractivity contribution in [3.05, 3.63) is 11.5 Å². The average molecular weight is 318 g/mol. The summed E-state index contributed by atoms with van der Waals surface area (Å²) in [5.41, 5.74) is 2.93. The van der Waals surface area contributed by atoms with E-state index in [0.29, 0.717) is 0 Å². The van der Waals surface area contributed by atoms with E-state index in [1.165, 1.54) is 0 Å². The molecule has 23 heavy (non-hydrogen) atoms. The van der Waals surface area contributed by atoms with Crippen molar-refractivity contribution < 1.29 is 4.74 Å². The van der Waals surface area contributed by atoms with Crippen LogP contribution in [0.5, 0.6) is 0 Å². The number of hydrogen-bond acceptors (Lipinski definition) is 6. The van der Waals surface area contributed by atoms with Crippen LogP contribution < -0.4 is 5.32 Å². The summed E-state index contributed by atoms with van der Waals surface area (Å²) in [6.45, 7) is 12.6. The zero-order chi connectivity index (χ0) is 16.2. The highest BCUT2D eigenvalue weighted by molar-refractivity contribution is 5.87. The van der Waals surface area contributed by atoms with Crippen molar-refractivity contribution in [1.82, 2.24) is 24.6 Å². The lowest BCUT2D eigenvalue weighted by atomic mass is 10.3. The van der Waals surface area contributed by atoms with E-state index in [-0.39, 0.29) is 0 Å². The molecule has 2 aromatic heterocycles. The normalized spacial score (nSPS) is 16.1. The Morgan fingerprint density at radius 1 is 1.17 bits per heavy atom. The van der Waals surface area contributed by atoms with E-state index in [4.69, 9.17) is 4.74 Å². The zero-order valence-electron chi connectivity index (χ0n) is 14.3. The summed E-state index contributed by atoms with van der Waals surface area (Å²) in [4.78, 5) is 11.6. The number of nitrogens with one attached hydrogen (secondary N) is 1. The number of aromatic nitrogens is 4. The van der Waals surface area contributed by atoms with Crippen LogP contribution in [-0.4, -0.2) is 64.0 Å². The summed E-state index contributed by atoms with van der Waals surface area (Å²) >= 11 is 0. The van der Waals surface area contributed by atoms with E-state index in [1.54, 1.807) is 0 Å². The maximum absolute atomic E-state index is 5.38. The van der Waals surface area contributed by atoms with Gasteiger partial charge >= 0.3 is 0 Å². The lowest BCUT2D eigenvalue weighted by molar-refractivity contribution is 0.0378. The van der Waals surface area contributed by atoms with Crippen LogP contribution in [0.1, 0.15) is 24.9 Å². The molecule has 3 heterocycles. The van der Waals surface area contributed by atoms with Gasteiger partial charge in [-0.25, -0.2) is 9.97 Å². The second-order valence-electron chi connectivity index (χ2n) is 5.95. The number of ether oxygens (including phenoxy) is 1. The molecule has 0 aliphatic carbocycles. The van der Waals surface area contributed by atoms with Gasteiger partial charge in [-0.05, 0) is 33.7 Å².